The lowest BCUT2D eigenvalue weighted by atomic mass is 10.0. The van der Waals surface area contributed by atoms with Crippen LogP contribution < -0.4 is 10.1 Å². The summed E-state index contributed by atoms with van der Waals surface area (Å²) in [6.07, 6.45) is 5.31. The molecule has 0 saturated carbocycles. The average Bonchev–Trinajstić information content (AvgIpc) is 3.10. The van der Waals surface area contributed by atoms with Gasteiger partial charge in [-0.15, -0.1) is 0 Å². The van der Waals surface area contributed by atoms with Gasteiger partial charge in [-0.1, -0.05) is 17.9 Å². The molecule has 0 saturated heterocycles. The van der Waals surface area contributed by atoms with Gasteiger partial charge in [-0.2, -0.15) is 0 Å². The number of aromatic nitrogens is 1. The van der Waals surface area contributed by atoms with Crippen molar-refractivity contribution in [2.24, 2.45) is 0 Å². The third-order valence-electron chi connectivity index (χ3n) is 3.33. The Bertz CT molecular complexity index is 822. The normalized spacial score (nSPS) is 14.3. The number of aliphatic hydroxyl groups excluding tert-OH is 1. The second kappa shape index (κ2) is 5.80. The molecular weight excluding hydrogens is 280 g/mol. The smallest absolute Gasteiger partial charge is 0.257 e. The fourth-order valence-corrected chi connectivity index (χ4v) is 2.35. The number of nitrogens with one attached hydrogen (secondary N) is 1. The number of rotatable bonds is 2. The molecule has 110 valence electrons. The van der Waals surface area contributed by atoms with Crippen LogP contribution in [0.4, 0.5) is 5.69 Å². The monoisotopic (exact) mass is 294 g/mol. The largest absolute Gasteiger partial charge is 0.495 e. The number of methoxy groups -OCH3 is 1. The molecule has 1 amide bonds. The highest BCUT2D eigenvalue weighted by molar-refractivity contribution is 6.34. The molecule has 2 aromatic rings. The fourth-order valence-electron chi connectivity index (χ4n) is 2.35. The third-order valence-corrected chi connectivity index (χ3v) is 3.33. The number of fused-ring (bicyclic) bond motifs is 1. The molecule has 0 unspecified atom stereocenters. The molecule has 0 aliphatic carbocycles. The molecule has 0 fully saturated rings. The molecule has 5 heteroatoms. The number of amides is 1. The molecule has 0 radical (unpaired) electrons. The number of hydrogen-bond donors (Lipinski definition) is 2. The second-order valence-electron chi connectivity index (χ2n) is 4.68. The minimum Gasteiger partial charge on any atom is -0.495 e. The number of hydrogen-bond acceptors (Lipinski definition) is 3. The van der Waals surface area contributed by atoms with E-state index in [4.69, 9.17) is 9.84 Å². The standard InChI is InChI=1S/C17H14N2O3/c1-22-13-7-8-19(10-13)11-14-16-12(5-3-9-20)4-2-6-15(16)18-17(14)21/h2,4,6-8,10-11,20H,9H2,1H3,(H,18,21). The van der Waals surface area contributed by atoms with E-state index < -0.39 is 0 Å². The van der Waals surface area contributed by atoms with Gasteiger partial charge in [-0.3, -0.25) is 4.79 Å². The Labute approximate surface area is 127 Å². The highest BCUT2D eigenvalue weighted by Crippen LogP contribution is 2.34. The van der Waals surface area contributed by atoms with Gasteiger partial charge in [-0.25, -0.2) is 0 Å². The van der Waals surface area contributed by atoms with Crippen LogP contribution in [0.5, 0.6) is 5.75 Å². The first-order chi connectivity index (χ1) is 10.7. The van der Waals surface area contributed by atoms with Crippen molar-refractivity contribution >= 4 is 23.4 Å². The van der Waals surface area contributed by atoms with Gasteiger partial charge >= 0.3 is 0 Å². The van der Waals surface area contributed by atoms with E-state index in [-0.39, 0.29) is 12.5 Å². The Kier molecular flexibility index (Phi) is 3.69. The molecule has 5 nitrogen and oxygen atoms in total. The number of anilines is 1. The van der Waals surface area contributed by atoms with E-state index in [0.29, 0.717) is 16.9 Å². The number of benzene rings is 1. The summed E-state index contributed by atoms with van der Waals surface area (Å²) in [5.74, 6) is 6.03. The lowest BCUT2D eigenvalue weighted by molar-refractivity contribution is -0.110. The van der Waals surface area contributed by atoms with Crippen LogP contribution >= 0.6 is 0 Å². The SMILES string of the molecule is COc1ccn(C=C2C(=O)Nc3cccc(C#CCO)c32)c1. The van der Waals surface area contributed by atoms with Crippen LogP contribution in [0.25, 0.3) is 11.8 Å². The van der Waals surface area contributed by atoms with Crippen molar-refractivity contribution in [2.75, 3.05) is 19.0 Å². The van der Waals surface area contributed by atoms with Crippen molar-refractivity contribution < 1.29 is 14.6 Å². The number of nitrogens with zero attached hydrogens (tertiary/aromatic N) is 1. The molecule has 2 N–H and O–H groups in total. The first-order valence-corrected chi connectivity index (χ1v) is 6.70. The predicted molar refractivity (Wildman–Crippen MR) is 84.2 cm³/mol. The molecule has 3 rings (SSSR count). The van der Waals surface area contributed by atoms with Crippen LogP contribution in [0, 0.1) is 11.8 Å². The zero-order valence-electron chi connectivity index (χ0n) is 12.0. The summed E-state index contributed by atoms with van der Waals surface area (Å²) < 4.78 is 6.89. The average molecular weight is 294 g/mol. The lowest BCUT2D eigenvalue weighted by Gasteiger charge is -2.02. The van der Waals surface area contributed by atoms with E-state index in [1.54, 1.807) is 30.3 Å². The number of carbonyl (C=O) groups is 1. The van der Waals surface area contributed by atoms with E-state index in [1.165, 1.54) is 0 Å². The van der Waals surface area contributed by atoms with E-state index in [1.807, 2.05) is 24.3 Å². The summed E-state index contributed by atoms with van der Waals surface area (Å²) in [6.45, 7) is -0.223. The van der Waals surface area contributed by atoms with Gasteiger partial charge in [0.1, 0.15) is 12.4 Å². The van der Waals surface area contributed by atoms with Crippen LogP contribution in [0.2, 0.25) is 0 Å². The van der Waals surface area contributed by atoms with E-state index in [0.717, 1.165) is 11.3 Å². The van der Waals surface area contributed by atoms with Crippen LogP contribution in [0.15, 0.2) is 36.7 Å². The highest BCUT2D eigenvalue weighted by atomic mass is 16.5. The Morgan fingerprint density at radius 1 is 1.41 bits per heavy atom. The zero-order chi connectivity index (χ0) is 15.5. The molecule has 0 atom stereocenters. The quantitative estimate of drug-likeness (QED) is 0.655. The Balaban J connectivity index is 2.10. The zero-order valence-corrected chi connectivity index (χ0v) is 12.0. The van der Waals surface area contributed by atoms with Gasteiger partial charge in [0.05, 0.1) is 24.6 Å². The Morgan fingerprint density at radius 3 is 3.00 bits per heavy atom. The van der Waals surface area contributed by atoms with Crippen molar-refractivity contribution in [1.29, 1.82) is 0 Å². The second-order valence-corrected chi connectivity index (χ2v) is 4.68. The van der Waals surface area contributed by atoms with E-state index >= 15 is 0 Å². The Morgan fingerprint density at radius 2 is 2.27 bits per heavy atom. The number of aliphatic hydroxyl groups is 1. The fraction of sp³-hybridized carbons (Fsp3) is 0.118. The van der Waals surface area contributed by atoms with Crippen LogP contribution in [-0.4, -0.2) is 29.3 Å². The minimum atomic E-state index is -0.223. The molecule has 1 aromatic heterocycles. The van der Waals surface area contributed by atoms with Gasteiger partial charge in [0.25, 0.3) is 5.91 Å². The summed E-state index contributed by atoms with van der Waals surface area (Å²) in [6, 6.07) is 7.28. The molecule has 1 aliphatic rings. The van der Waals surface area contributed by atoms with Crippen LogP contribution in [0.3, 0.4) is 0 Å². The summed E-state index contributed by atoms with van der Waals surface area (Å²) in [4.78, 5) is 12.2. The van der Waals surface area contributed by atoms with E-state index in [9.17, 15) is 4.79 Å². The van der Waals surface area contributed by atoms with Crippen molar-refractivity contribution in [3.63, 3.8) is 0 Å². The molecule has 0 bridgehead atoms. The van der Waals surface area contributed by atoms with Crippen LogP contribution in [0.1, 0.15) is 11.1 Å². The van der Waals surface area contributed by atoms with Gasteiger partial charge < -0.3 is 19.7 Å². The van der Waals surface area contributed by atoms with Gasteiger partial charge in [-0.05, 0) is 18.2 Å². The molecular formula is C17H14N2O3. The maximum absolute atomic E-state index is 12.2. The molecule has 2 heterocycles. The molecule has 22 heavy (non-hydrogen) atoms. The van der Waals surface area contributed by atoms with Crippen molar-refractivity contribution in [2.45, 2.75) is 0 Å². The van der Waals surface area contributed by atoms with E-state index in [2.05, 4.69) is 17.2 Å². The maximum atomic E-state index is 12.2. The number of carbonyl (C=O) groups excluding carboxylic acids is 1. The van der Waals surface area contributed by atoms with Gasteiger partial charge in [0, 0.05) is 23.5 Å². The first kappa shape index (κ1) is 14.0. The highest BCUT2D eigenvalue weighted by Gasteiger charge is 2.26. The van der Waals surface area contributed by atoms with Crippen molar-refractivity contribution in [1.82, 2.24) is 4.57 Å². The minimum absolute atomic E-state index is 0.180. The maximum Gasteiger partial charge on any atom is 0.257 e. The van der Waals surface area contributed by atoms with Crippen molar-refractivity contribution in [3.8, 4) is 17.6 Å². The first-order valence-electron chi connectivity index (χ1n) is 6.70. The molecule has 1 aromatic carbocycles. The third kappa shape index (κ3) is 2.48. The summed E-state index contributed by atoms with van der Waals surface area (Å²) >= 11 is 0. The summed E-state index contributed by atoms with van der Waals surface area (Å²) in [5, 5.41) is 11.7. The predicted octanol–water partition coefficient (Wildman–Crippen LogP) is 1.79. The van der Waals surface area contributed by atoms with Crippen LogP contribution in [-0.2, 0) is 4.79 Å². The topological polar surface area (TPSA) is 63.5 Å². The van der Waals surface area contributed by atoms with Gasteiger partial charge in [0.15, 0.2) is 0 Å². The Hall–Kier alpha value is -2.97. The lowest BCUT2D eigenvalue weighted by Crippen LogP contribution is -2.04. The molecule has 0 spiro atoms. The number of ether oxygens (including phenoxy) is 1. The summed E-state index contributed by atoms with van der Waals surface area (Å²) in [5.41, 5.74) is 2.70. The molecule has 1 aliphatic heterocycles. The van der Waals surface area contributed by atoms with Crippen molar-refractivity contribution in [3.05, 3.63) is 47.8 Å². The summed E-state index contributed by atoms with van der Waals surface area (Å²) in [7, 11) is 1.59. The van der Waals surface area contributed by atoms with Gasteiger partial charge in [0.2, 0.25) is 0 Å².